The number of aliphatic hydroxyl groups is 4. The smallest absolute Gasteiger partial charge is 0.164 e. The molecule has 1 fully saturated rings. The van der Waals surface area contributed by atoms with Gasteiger partial charge in [-0.1, -0.05) is 18.2 Å². The summed E-state index contributed by atoms with van der Waals surface area (Å²) in [6.45, 7) is -0.480. The Morgan fingerprint density at radius 3 is 2.39 bits per heavy atom. The van der Waals surface area contributed by atoms with Gasteiger partial charge in [0.05, 0.1) is 18.6 Å². The Balaban J connectivity index is 2.31. The molecular weight excluding hydrogens is 238 g/mol. The van der Waals surface area contributed by atoms with Crippen molar-refractivity contribution in [2.45, 2.75) is 30.5 Å². The highest BCUT2D eigenvalue weighted by atomic mass is 16.6. The lowest BCUT2D eigenvalue weighted by Gasteiger charge is -2.40. The second kappa shape index (κ2) is 5.21. The molecule has 0 aliphatic carbocycles. The fourth-order valence-corrected chi connectivity index (χ4v) is 2.25. The van der Waals surface area contributed by atoms with Crippen LogP contribution in [0.25, 0.3) is 0 Å². The normalized spacial score (nSPS) is 36.6. The Hall–Kier alpha value is -1.18. The highest BCUT2D eigenvalue weighted by molar-refractivity contribution is 5.49. The summed E-state index contributed by atoms with van der Waals surface area (Å²) >= 11 is 0. The summed E-state index contributed by atoms with van der Waals surface area (Å²) in [4.78, 5) is 0. The fourth-order valence-electron chi connectivity index (χ4n) is 2.25. The van der Waals surface area contributed by atoms with Gasteiger partial charge in [0.25, 0.3) is 0 Å². The number of para-hydroxylation sites is 1. The number of anilines is 1. The van der Waals surface area contributed by atoms with Crippen molar-refractivity contribution in [1.82, 2.24) is 0 Å². The molecule has 0 amide bonds. The van der Waals surface area contributed by atoms with E-state index in [4.69, 9.17) is 15.6 Å². The van der Waals surface area contributed by atoms with Crippen LogP contribution in [0.3, 0.4) is 0 Å². The molecule has 2 rings (SSSR count). The molecule has 1 aromatic rings. The average Bonchev–Trinajstić information content (AvgIpc) is 2.36. The number of nitrogen functional groups attached to an aromatic ring is 1. The Morgan fingerprint density at radius 2 is 1.78 bits per heavy atom. The van der Waals surface area contributed by atoms with Crippen LogP contribution in [0.2, 0.25) is 0 Å². The van der Waals surface area contributed by atoms with Crippen LogP contribution in [0.1, 0.15) is 11.5 Å². The Morgan fingerprint density at radius 1 is 1.11 bits per heavy atom. The highest BCUT2D eigenvalue weighted by Gasteiger charge is 2.44. The van der Waals surface area contributed by atoms with E-state index in [1.807, 2.05) is 0 Å². The van der Waals surface area contributed by atoms with Gasteiger partial charge in [0.15, 0.2) is 6.29 Å². The molecule has 6 heteroatoms. The molecule has 18 heavy (non-hydrogen) atoms. The maximum Gasteiger partial charge on any atom is 0.164 e. The lowest BCUT2D eigenvalue weighted by atomic mass is 9.85. The molecule has 1 unspecified atom stereocenters. The first kappa shape index (κ1) is 13.3. The van der Waals surface area contributed by atoms with Gasteiger partial charge in [-0.3, -0.25) is 0 Å². The van der Waals surface area contributed by atoms with Crippen molar-refractivity contribution in [3.8, 4) is 0 Å². The topological polar surface area (TPSA) is 116 Å². The number of benzene rings is 1. The zero-order chi connectivity index (χ0) is 13.3. The summed E-state index contributed by atoms with van der Waals surface area (Å²) in [6, 6.07) is 6.74. The van der Waals surface area contributed by atoms with E-state index in [2.05, 4.69) is 0 Å². The Labute approximate surface area is 104 Å². The van der Waals surface area contributed by atoms with E-state index in [0.717, 1.165) is 0 Å². The van der Waals surface area contributed by atoms with Crippen LogP contribution < -0.4 is 5.73 Å². The third-order valence-corrected chi connectivity index (χ3v) is 3.26. The second-order valence-electron chi connectivity index (χ2n) is 4.38. The SMILES string of the molecule is Nc1ccccc1[C@H]1C(O)O[C@H](CO)[C@@H](O)[C@@H]1O. The summed E-state index contributed by atoms with van der Waals surface area (Å²) in [6.07, 6.45) is -4.86. The maximum atomic E-state index is 10.0. The summed E-state index contributed by atoms with van der Waals surface area (Å²) < 4.78 is 5.08. The third kappa shape index (κ3) is 2.21. The monoisotopic (exact) mass is 255 g/mol. The molecule has 0 saturated carbocycles. The van der Waals surface area contributed by atoms with Crippen molar-refractivity contribution < 1.29 is 25.2 Å². The van der Waals surface area contributed by atoms with Crippen LogP contribution in [0.15, 0.2) is 24.3 Å². The van der Waals surface area contributed by atoms with Crippen LogP contribution >= 0.6 is 0 Å². The molecule has 1 saturated heterocycles. The number of hydrogen-bond donors (Lipinski definition) is 5. The van der Waals surface area contributed by atoms with E-state index in [-0.39, 0.29) is 0 Å². The number of ether oxygens (including phenoxy) is 1. The molecule has 1 aliphatic heterocycles. The van der Waals surface area contributed by atoms with Gasteiger partial charge in [0.1, 0.15) is 12.2 Å². The van der Waals surface area contributed by atoms with E-state index in [1.54, 1.807) is 24.3 Å². The van der Waals surface area contributed by atoms with E-state index in [1.165, 1.54) is 0 Å². The largest absolute Gasteiger partial charge is 0.398 e. The summed E-state index contributed by atoms with van der Waals surface area (Å²) in [5.41, 5.74) is 6.69. The number of nitrogens with two attached hydrogens (primary N) is 1. The first-order valence-electron chi connectivity index (χ1n) is 5.71. The summed E-state index contributed by atoms with van der Waals surface area (Å²) in [5, 5.41) is 38.7. The van der Waals surface area contributed by atoms with Gasteiger partial charge in [-0.2, -0.15) is 0 Å². The number of aliphatic hydroxyl groups excluding tert-OH is 4. The molecule has 0 spiro atoms. The van der Waals surface area contributed by atoms with Crippen LogP contribution in [0.4, 0.5) is 5.69 Å². The van der Waals surface area contributed by atoms with Gasteiger partial charge >= 0.3 is 0 Å². The average molecular weight is 255 g/mol. The van der Waals surface area contributed by atoms with Gasteiger partial charge in [-0.05, 0) is 11.6 Å². The minimum Gasteiger partial charge on any atom is -0.398 e. The van der Waals surface area contributed by atoms with Gasteiger partial charge in [0, 0.05) is 5.69 Å². The first-order valence-corrected chi connectivity index (χ1v) is 5.71. The van der Waals surface area contributed by atoms with Gasteiger partial charge in [-0.25, -0.2) is 0 Å². The van der Waals surface area contributed by atoms with E-state index in [0.29, 0.717) is 11.3 Å². The standard InChI is InChI=1S/C12H17NO5/c13-7-4-2-1-3-6(7)9-11(16)10(15)8(5-14)18-12(9)17/h1-4,8-12,14-17H,5,13H2/t8-,9-,10-,11-,12?/m1/s1. The van der Waals surface area contributed by atoms with Gasteiger partial charge < -0.3 is 30.9 Å². The number of rotatable bonds is 2. The molecule has 100 valence electrons. The molecule has 1 aromatic carbocycles. The molecule has 6 N–H and O–H groups in total. The molecule has 5 atom stereocenters. The molecule has 1 heterocycles. The minimum absolute atomic E-state index is 0.402. The molecule has 1 aliphatic rings. The number of hydrogen-bond acceptors (Lipinski definition) is 6. The predicted octanol–water partition coefficient (Wildman–Crippen LogP) is -1.22. The van der Waals surface area contributed by atoms with Crippen molar-refractivity contribution >= 4 is 5.69 Å². The Bertz CT molecular complexity index is 413. The zero-order valence-electron chi connectivity index (χ0n) is 9.68. The maximum absolute atomic E-state index is 10.0. The fraction of sp³-hybridized carbons (Fsp3) is 0.500. The molecular formula is C12H17NO5. The van der Waals surface area contributed by atoms with Crippen molar-refractivity contribution in [2.24, 2.45) is 0 Å². The van der Waals surface area contributed by atoms with Gasteiger partial charge in [0.2, 0.25) is 0 Å². The van der Waals surface area contributed by atoms with Crippen molar-refractivity contribution in [3.63, 3.8) is 0 Å². The Kier molecular flexibility index (Phi) is 3.84. The second-order valence-corrected chi connectivity index (χ2v) is 4.38. The van der Waals surface area contributed by atoms with Crippen molar-refractivity contribution in [2.75, 3.05) is 12.3 Å². The van der Waals surface area contributed by atoms with E-state index in [9.17, 15) is 15.3 Å². The van der Waals surface area contributed by atoms with Crippen LogP contribution in [-0.4, -0.2) is 51.6 Å². The van der Waals surface area contributed by atoms with Crippen LogP contribution in [0.5, 0.6) is 0 Å². The molecule has 0 radical (unpaired) electrons. The molecule has 6 nitrogen and oxygen atoms in total. The first-order chi connectivity index (χ1) is 8.56. The van der Waals surface area contributed by atoms with Gasteiger partial charge in [-0.15, -0.1) is 0 Å². The summed E-state index contributed by atoms with van der Waals surface area (Å²) in [5.74, 6) is -0.844. The predicted molar refractivity (Wildman–Crippen MR) is 63.6 cm³/mol. The van der Waals surface area contributed by atoms with Crippen molar-refractivity contribution in [3.05, 3.63) is 29.8 Å². The molecule has 0 aromatic heterocycles. The highest BCUT2D eigenvalue weighted by Crippen LogP contribution is 2.35. The quantitative estimate of drug-likeness (QED) is 0.423. The molecule has 0 bridgehead atoms. The van der Waals surface area contributed by atoms with Crippen LogP contribution in [-0.2, 0) is 4.74 Å². The van der Waals surface area contributed by atoms with E-state index >= 15 is 0 Å². The lowest BCUT2D eigenvalue weighted by Crippen LogP contribution is -2.54. The van der Waals surface area contributed by atoms with Crippen molar-refractivity contribution in [1.29, 1.82) is 0 Å². The van der Waals surface area contributed by atoms with Crippen LogP contribution in [0, 0.1) is 0 Å². The third-order valence-electron chi connectivity index (χ3n) is 3.26. The lowest BCUT2D eigenvalue weighted by molar-refractivity contribution is -0.251. The summed E-state index contributed by atoms with van der Waals surface area (Å²) in [7, 11) is 0. The zero-order valence-corrected chi connectivity index (χ0v) is 9.68. The minimum atomic E-state index is -1.33. The van der Waals surface area contributed by atoms with E-state index < -0.39 is 37.1 Å².